The molecule has 0 saturated heterocycles. The van der Waals surface area contributed by atoms with Crippen LogP contribution in [0.3, 0.4) is 0 Å². The topological polar surface area (TPSA) is 53.4 Å². The number of carbonyl (C=O) groups excluding carboxylic acids is 1. The van der Waals surface area contributed by atoms with Crippen LogP contribution in [0.2, 0.25) is 0 Å². The summed E-state index contributed by atoms with van der Waals surface area (Å²) in [5.74, 6) is -0.170. The molecule has 66 valence electrons. The molecule has 0 unspecified atom stereocenters. The van der Waals surface area contributed by atoms with Crippen molar-refractivity contribution in [1.82, 2.24) is 9.55 Å². The van der Waals surface area contributed by atoms with E-state index in [0.717, 1.165) is 0 Å². The van der Waals surface area contributed by atoms with Gasteiger partial charge in [0.05, 0.1) is 20.5 Å². The fourth-order valence-corrected chi connectivity index (χ4v) is 0.886. The maximum absolute atomic E-state index is 11.1. The van der Waals surface area contributed by atoms with Gasteiger partial charge in [0, 0.05) is 7.05 Å². The summed E-state index contributed by atoms with van der Waals surface area (Å²) in [6.45, 7) is 0. The fourth-order valence-electron chi connectivity index (χ4n) is 0.886. The minimum absolute atomic E-state index is 0.282. The van der Waals surface area contributed by atoms with Crippen molar-refractivity contribution in [2.75, 3.05) is 14.2 Å². The first-order valence-electron chi connectivity index (χ1n) is 3.34. The molecule has 0 saturated carbocycles. The highest BCUT2D eigenvalue weighted by Gasteiger charge is 2.17. The number of hydrogen-bond donors (Lipinski definition) is 0. The second kappa shape index (κ2) is 3.25. The molecule has 1 aromatic rings. The molecule has 0 aliphatic heterocycles. The molecule has 5 nitrogen and oxygen atoms in total. The van der Waals surface area contributed by atoms with E-state index in [1.54, 1.807) is 11.6 Å². The zero-order chi connectivity index (χ0) is 9.14. The standard InChI is InChI=1S/C7H10N2O3/c1-9-4-8-6(11-2)5(9)7(10)12-3/h4H,1-3H3. The molecule has 0 spiro atoms. The number of hydrogen-bond acceptors (Lipinski definition) is 4. The van der Waals surface area contributed by atoms with E-state index in [1.165, 1.54) is 20.5 Å². The van der Waals surface area contributed by atoms with Crippen LogP contribution in [-0.2, 0) is 11.8 Å². The van der Waals surface area contributed by atoms with Crippen LogP contribution in [0.4, 0.5) is 0 Å². The van der Waals surface area contributed by atoms with Crippen LogP contribution >= 0.6 is 0 Å². The first-order valence-corrected chi connectivity index (χ1v) is 3.34. The fraction of sp³-hybridized carbons (Fsp3) is 0.429. The predicted molar refractivity (Wildman–Crippen MR) is 41.1 cm³/mol. The van der Waals surface area contributed by atoms with Crippen molar-refractivity contribution in [2.24, 2.45) is 7.05 Å². The number of esters is 1. The molecule has 12 heavy (non-hydrogen) atoms. The van der Waals surface area contributed by atoms with Gasteiger partial charge in [-0.2, -0.15) is 0 Å². The van der Waals surface area contributed by atoms with Gasteiger partial charge in [0.1, 0.15) is 0 Å². The number of nitrogens with zero attached hydrogens (tertiary/aromatic N) is 2. The molecule has 0 aliphatic rings. The molecule has 0 N–H and O–H groups in total. The Bertz CT molecular complexity index is 293. The van der Waals surface area contributed by atoms with Crippen LogP contribution in [-0.4, -0.2) is 29.7 Å². The third-order valence-corrected chi connectivity index (χ3v) is 1.48. The van der Waals surface area contributed by atoms with Crippen molar-refractivity contribution in [2.45, 2.75) is 0 Å². The van der Waals surface area contributed by atoms with Crippen molar-refractivity contribution >= 4 is 5.97 Å². The van der Waals surface area contributed by atoms with Gasteiger partial charge in [-0.25, -0.2) is 9.78 Å². The maximum Gasteiger partial charge on any atom is 0.360 e. The number of carbonyl (C=O) groups is 1. The smallest absolute Gasteiger partial charge is 0.360 e. The molecule has 0 aliphatic carbocycles. The summed E-state index contributed by atoms with van der Waals surface area (Å²) in [6, 6.07) is 0. The molecular formula is C7H10N2O3. The summed E-state index contributed by atoms with van der Waals surface area (Å²) in [4.78, 5) is 15.0. The molecule has 0 fully saturated rings. The van der Waals surface area contributed by atoms with Gasteiger partial charge in [-0.1, -0.05) is 0 Å². The van der Waals surface area contributed by atoms with E-state index in [2.05, 4.69) is 9.72 Å². The predicted octanol–water partition coefficient (Wildman–Crippen LogP) is 0.215. The van der Waals surface area contributed by atoms with Gasteiger partial charge in [-0.15, -0.1) is 0 Å². The van der Waals surface area contributed by atoms with Crippen molar-refractivity contribution in [3.05, 3.63) is 12.0 Å². The Morgan fingerprint density at radius 1 is 1.58 bits per heavy atom. The summed E-state index contributed by atoms with van der Waals surface area (Å²) in [6.07, 6.45) is 1.49. The average Bonchev–Trinajstić information content (AvgIpc) is 2.45. The van der Waals surface area contributed by atoms with E-state index in [0.29, 0.717) is 5.69 Å². The number of aromatic nitrogens is 2. The van der Waals surface area contributed by atoms with Gasteiger partial charge >= 0.3 is 5.97 Å². The van der Waals surface area contributed by atoms with E-state index >= 15 is 0 Å². The third kappa shape index (κ3) is 1.25. The van der Waals surface area contributed by atoms with Crippen LogP contribution < -0.4 is 4.74 Å². The summed E-state index contributed by atoms with van der Waals surface area (Å²) >= 11 is 0. The summed E-state index contributed by atoms with van der Waals surface area (Å²) in [5.41, 5.74) is 0.319. The molecule has 1 rings (SSSR count). The molecule has 0 radical (unpaired) electrons. The first-order chi connectivity index (χ1) is 5.70. The maximum atomic E-state index is 11.1. The lowest BCUT2D eigenvalue weighted by atomic mass is 10.4. The number of rotatable bonds is 2. The van der Waals surface area contributed by atoms with E-state index in [-0.39, 0.29) is 5.88 Å². The van der Waals surface area contributed by atoms with E-state index < -0.39 is 5.97 Å². The zero-order valence-corrected chi connectivity index (χ0v) is 7.20. The minimum Gasteiger partial charge on any atom is -0.479 e. The largest absolute Gasteiger partial charge is 0.479 e. The lowest BCUT2D eigenvalue weighted by Crippen LogP contribution is -2.08. The molecule has 0 bridgehead atoms. The van der Waals surface area contributed by atoms with Crippen molar-refractivity contribution in [3.63, 3.8) is 0 Å². The Morgan fingerprint density at radius 2 is 2.25 bits per heavy atom. The Labute approximate surface area is 69.9 Å². The second-order valence-electron chi connectivity index (χ2n) is 2.20. The van der Waals surface area contributed by atoms with Crippen LogP contribution in [0.5, 0.6) is 5.88 Å². The minimum atomic E-state index is -0.452. The first kappa shape index (κ1) is 8.58. The number of methoxy groups -OCH3 is 2. The highest BCUT2D eigenvalue weighted by Crippen LogP contribution is 2.14. The summed E-state index contributed by atoms with van der Waals surface area (Å²) < 4.78 is 10.9. The molecule has 0 aromatic carbocycles. The quantitative estimate of drug-likeness (QED) is 0.595. The van der Waals surface area contributed by atoms with Gasteiger partial charge < -0.3 is 14.0 Å². The molecule has 1 heterocycles. The monoisotopic (exact) mass is 170 g/mol. The highest BCUT2D eigenvalue weighted by atomic mass is 16.5. The van der Waals surface area contributed by atoms with Crippen LogP contribution in [0.25, 0.3) is 0 Å². The summed E-state index contributed by atoms with van der Waals surface area (Å²) in [7, 11) is 4.46. The molecule has 0 atom stereocenters. The molecule has 0 amide bonds. The van der Waals surface area contributed by atoms with E-state index in [4.69, 9.17) is 4.74 Å². The second-order valence-corrected chi connectivity index (χ2v) is 2.20. The van der Waals surface area contributed by atoms with Gasteiger partial charge in [-0.05, 0) is 0 Å². The lowest BCUT2D eigenvalue weighted by molar-refractivity contribution is 0.0585. The van der Waals surface area contributed by atoms with Crippen molar-refractivity contribution in [1.29, 1.82) is 0 Å². The SMILES string of the molecule is COC(=O)c1c(OC)ncn1C. The van der Waals surface area contributed by atoms with Crippen LogP contribution in [0.1, 0.15) is 10.5 Å². The van der Waals surface area contributed by atoms with Gasteiger partial charge in [0.2, 0.25) is 5.88 Å². The highest BCUT2D eigenvalue weighted by molar-refractivity contribution is 5.89. The van der Waals surface area contributed by atoms with Gasteiger partial charge in [0.15, 0.2) is 5.69 Å². The Morgan fingerprint density at radius 3 is 2.75 bits per heavy atom. The Kier molecular flexibility index (Phi) is 2.32. The average molecular weight is 170 g/mol. The molecule has 1 aromatic heterocycles. The van der Waals surface area contributed by atoms with E-state index in [1.807, 2.05) is 0 Å². The van der Waals surface area contributed by atoms with Crippen molar-refractivity contribution in [3.8, 4) is 5.88 Å². The third-order valence-electron chi connectivity index (χ3n) is 1.48. The Balaban J connectivity index is 3.10. The number of imidazole rings is 1. The van der Waals surface area contributed by atoms with E-state index in [9.17, 15) is 4.79 Å². The zero-order valence-electron chi connectivity index (χ0n) is 7.20. The molecular weight excluding hydrogens is 160 g/mol. The van der Waals surface area contributed by atoms with Gasteiger partial charge in [0.25, 0.3) is 0 Å². The summed E-state index contributed by atoms with van der Waals surface area (Å²) in [5, 5.41) is 0. The Hall–Kier alpha value is -1.52. The van der Waals surface area contributed by atoms with Gasteiger partial charge in [-0.3, -0.25) is 0 Å². The van der Waals surface area contributed by atoms with Crippen LogP contribution in [0.15, 0.2) is 6.33 Å². The lowest BCUT2D eigenvalue weighted by Gasteiger charge is -2.01. The number of aryl methyl sites for hydroxylation is 1. The van der Waals surface area contributed by atoms with Crippen LogP contribution in [0, 0.1) is 0 Å². The van der Waals surface area contributed by atoms with Crippen molar-refractivity contribution < 1.29 is 14.3 Å². The normalized spacial score (nSPS) is 9.58. The number of ether oxygens (including phenoxy) is 2. The molecule has 5 heteroatoms.